The molecular formula is C12H15F3N2. The highest BCUT2D eigenvalue weighted by Gasteiger charge is 2.36. The van der Waals surface area contributed by atoms with Gasteiger partial charge in [-0.15, -0.1) is 0 Å². The molecule has 0 saturated heterocycles. The van der Waals surface area contributed by atoms with Crippen molar-refractivity contribution in [3.05, 3.63) is 35.4 Å². The van der Waals surface area contributed by atoms with Crippen LogP contribution in [0.1, 0.15) is 17.2 Å². The normalized spacial score (nSPS) is 21.3. The third-order valence-electron chi connectivity index (χ3n) is 3.13. The molecular weight excluding hydrogens is 229 g/mol. The molecule has 1 atom stereocenters. The van der Waals surface area contributed by atoms with Gasteiger partial charge in [0.1, 0.15) is 0 Å². The van der Waals surface area contributed by atoms with E-state index in [-0.39, 0.29) is 12.6 Å². The molecule has 0 bridgehead atoms. The lowest BCUT2D eigenvalue weighted by molar-refractivity contribution is -0.151. The van der Waals surface area contributed by atoms with Crippen molar-refractivity contribution >= 4 is 0 Å². The van der Waals surface area contributed by atoms with Crippen LogP contribution in [0.4, 0.5) is 13.2 Å². The summed E-state index contributed by atoms with van der Waals surface area (Å²) in [5.74, 6) is 0. The van der Waals surface area contributed by atoms with E-state index in [0.29, 0.717) is 13.0 Å². The van der Waals surface area contributed by atoms with Crippen molar-refractivity contribution in [1.82, 2.24) is 4.90 Å². The zero-order valence-electron chi connectivity index (χ0n) is 9.37. The van der Waals surface area contributed by atoms with Gasteiger partial charge in [-0.25, -0.2) is 0 Å². The van der Waals surface area contributed by atoms with Gasteiger partial charge in [0.2, 0.25) is 0 Å². The number of hydrogen-bond donors (Lipinski definition) is 1. The minimum absolute atomic E-state index is 0.215. The molecule has 0 aliphatic carbocycles. The number of benzene rings is 1. The number of halogens is 3. The predicted molar refractivity (Wildman–Crippen MR) is 59.6 cm³/mol. The molecule has 1 unspecified atom stereocenters. The van der Waals surface area contributed by atoms with Gasteiger partial charge in [0.05, 0.1) is 6.54 Å². The first-order chi connectivity index (χ1) is 8.01. The monoisotopic (exact) mass is 244 g/mol. The number of nitrogens with two attached hydrogens (primary N) is 1. The van der Waals surface area contributed by atoms with Crippen molar-refractivity contribution in [3.63, 3.8) is 0 Å². The second-order valence-electron chi connectivity index (χ2n) is 4.29. The smallest absolute Gasteiger partial charge is 0.329 e. The van der Waals surface area contributed by atoms with E-state index in [1.165, 1.54) is 4.90 Å². The summed E-state index contributed by atoms with van der Waals surface area (Å²) in [5, 5.41) is 0. The first-order valence-electron chi connectivity index (χ1n) is 5.60. The van der Waals surface area contributed by atoms with Crippen LogP contribution in [0, 0.1) is 0 Å². The molecule has 5 heteroatoms. The van der Waals surface area contributed by atoms with Crippen LogP contribution in [-0.2, 0) is 6.42 Å². The van der Waals surface area contributed by atoms with Crippen molar-refractivity contribution in [2.45, 2.75) is 18.6 Å². The summed E-state index contributed by atoms with van der Waals surface area (Å²) in [6.07, 6.45) is -3.51. The van der Waals surface area contributed by atoms with Gasteiger partial charge in [-0.2, -0.15) is 13.2 Å². The second-order valence-corrected chi connectivity index (χ2v) is 4.29. The zero-order chi connectivity index (χ0) is 12.5. The highest BCUT2D eigenvalue weighted by Crippen LogP contribution is 2.31. The largest absolute Gasteiger partial charge is 0.401 e. The van der Waals surface area contributed by atoms with Crippen LogP contribution in [0.3, 0.4) is 0 Å². The average Bonchev–Trinajstić information content (AvgIpc) is 2.27. The molecule has 2 rings (SSSR count). The number of alkyl halides is 3. The van der Waals surface area contributed by atoms with Gasteiger partial charge in [-0.1, -0.05) is 24.3 Å². The van der Waals surface area contributed by atoms with Gasteiger partial charge in [0, 0.05) is 19.1 Å². The van der Waals surface area contributed by atoms with Crippen molar-refractivity contribution in [2.24, 2.45) is 5.73 Å². The Morgan fingerprint density at radius 2 is 2.00 bits per heavy atom. The van der Waals surface area contributed by atoms with E-state index in [1.54, 1.807) is 0 Å². The highest BCUT2D eigenvalue weighted by atomic mass is 19.4. The molecule has 1 aliphatic rings. The van der Waals surface area contributed by atoms with E-state index in [9.17, 15) is 13.2 Å². The Kier molecular flexibility index (Phi) is 3.40. The molecule has 94 valence electrons. The Balaban J connectivity index is 2.23. The van der Waals surface area contributed by atoms with Gasteiger partial charge >= 0.3 is 6.18 Å². The summed E-state index contributed by atoms with van der Waals surface area (Å²) in [5.41, 5.74) is 7.67. The van der Waals surface area contributed by atoms with Gasteiger partial charge in [-0.05, 0) is 17.5 Å². The van der Waals surface area contributed by atoms with Crippen LogP contribution in [0.25, 0.3) is 0 Å². The third kappa shape index (κ3) is 2.79. The fraction of sp³-hybridized carbons (Fsp3) is 0.500. The number of hydrogen-bond acceptors (Lipinski definition) is 2. The highest BCUT2D eigenvalue weighted by molar-refractivity contribution is 5.32. The Hall–Kier alpha value is -1.07. The van der Waals surface area contributed by atoms with Crippen LogP contribution in [-0.4, -0.2) is 30.7 Å². The van der Waals surface area contributed by atoms with Gasteiger partial charge in [-0.3, -0.25) is 4.90 Å². The van der Waals surface area contributed by atoms with Gasteiger partial charge in [0.15, 0.2) is 0 Å². The molecule has 1 aliphatic heterocycles. The number of rotatable bonds is 2. The standard InChI is InChI=1S/C12H15F3N2/c13-12(14,15)8-17-6-5-9-3-1-2-4-10(9)11(17)7-16/h1-4,11H,5-8,16H2. The van der Waals surface area contributed by atoms with Crippen molar-refractivity contribution in [2.75, 3.05) is 19.6 Å². The zero-order valence-corrected chi connectivity index (χ0v) is 9.37. The number of fused-ring (bicyclic) bond motifs is 1. The first kappa shape index (κ1) is 12.4. The molecule has 17 heavy (non-hydrogen) atoms. The number of nitrogens with zero attached hydrogens (tertiary/aromatic N) is 1. The van der Waals surface area contributed by atoms with Crippen LogP contribution in [0.2, 0.25) is 0 Å². The molecule has 0 aromatic heterocycles. The Bertz CT molecular complexity index is 390. The lowest BCUT2D eigenvalue weighted by Crippen LogP contribution is -2.44. The van der Waals surface area contributed by atoms with E-state index < -0.39 is 12.7 Å². The van der Waals surface area contributed by atoms with Crippen LogP contribution in [0.5, 0.6) is 0 Å². The molecule has 2 N–H and O–H groups in total. The summed E-state index contributed by atoms with van der Waals surface area (Å²) < 4.78 is 37.3. The van der Waals surface area contributed by atoms with E-state index in [1.807, 2.05) is 24.3 Å². The van der Waals surface area contributed by atoms with Crippen LogP contribution < -0.4 is 5.73 Å². The predicted octanol–water partition coefficient (Wildman–Crippen LogP) is 2.11. The summed E-state index contributed by atoms with van der Waals surface area (Å²) in [7, 11) is 0. The Morgan fingerprint density at radius 3 is 2.65 bits per heavy atom. The lowest BCUT2D eigenvalue weighted by atomic mass is 9.92. The van der Waals surface area contributed by atoms with Gasteiger partial charge in [0.25, 0.3) is 0 Å². The molecule has 1 aromatic rings. The summed E-state index contributed by atoms with van der Waals surface area (Å²) in [6, 6.07) is 7.27. The van der Waals surface area contributed by atoms with Crippen molar-refractivity contribution in [3.8, 4) is 0 Å². The SMILES string of the molecule is NCC1c2ccccc2CCN1CC(F)(F)F. The van der Waals surface area contributed by atoms with Crippen molar-refractivity contribution in [1.29, 1.82) is 0 Å². The first-order valence-corrected chi connectivity index (χ1v) is 5.60. The topological polar surface area (TPSA) is 29.3 Å². The minimum Gasteiger partial charge on any atom is -0.329 e. The molecule has 2 nitrogen and oxygen atoms in total. The Labute approximate surface area is 98.2 Å². The summed E-state index contributed by atoms with van der Waals surface area (Å²) in [6.45, 7) is -0.255. The molecule has 1 aromatic carbocycles. The molecule has 1 heterocycles. The second kappa shape index (κ2) is 4.66. The van der Waals surface area contributed by atoms with Gasteiger partial charge < -0.3 is 5.73 Å². The molecule has 0 spiro atoms. The molecule has 0 radical (unpaired) electrons. The summed E-state index contributed by atoms with van der Waals surface area (Å²) in [4.78, 5) is 1.42. The maximum absolute atomic E-state index is 12.4. The fourth-order valence-electron chi connectivity index (χ4n) is 2.40. The van der Waals surface area contributed by atoms with E-state index in [2.05, 4.69) is 0 Å². The third-order valence-corrected chi connectivity index (χ3v) is 3.13. The average molecular weight is 244 g/mol. The Morgan fingerprint density at radius 1 is 1.29 bits per heavy atom. The maximum Gasteiger partial charge on any atom is 0.401 e. The molecule has 0 saturated carbocycles. The minimum atomic E-state index is -4.17. The van der Waals surface area contributed by atoms with Crippen LogP contribution >= 0.6 is 0 Å². The van der Waals surface area contributed by atoms with Crippen molar-refractivity contribution < 1.29 is 13.2 Å². The lowest BCUT2D eigenvalue weighted by Gasteiger charge is -2.37. The van der Waals surface area contributed by atoms with E-state index in [4.69, 9.17) is 5.73 Å². The fourth-order valence-corrected chi connectivity index (χ4v) is 2.40. The summed E-state index contributed by atoms with van der Waals surface area (Å²) >= 11 is 0. The van der Waals surface area contributed by atoms with E-state index >= 15 is 0 Å². The van der Waals surface area contributed by atoms with Crippen LogP contribution in [0.15, 0.2) is 24.3 Å². The van der Waals surface area contributed by atoms with E-state index in [0.717, 1.165) is 11.1 Å². The quantitative estimate of drug-likeness (QED) is 0.863. The molecule has 0 fully saturated rings. The molecule has 0 amide bonds. The maximum atomic E-state index is 12.4.